The molecule has 6 unspecified atom stereocenters. The SMILES string of the molecule is CC/C=C\C/C=C\C/C=C\C/C=C\C/C=C\CCCCOCC(COC1OC(CO)C(O)C(OS(=O)(=O)O)C1O)OC(=O)C/C=C\C/C=C\C/C=C\C/C=C\C/C=C\CC. The van der Waals surface area contributed by atoms with Gasteiger partial charge in [0.2, 0.25) is 0 Å². The number of carbonyl (C=O) groups excluding carboxylic acids is 1. The van der Waals surface area contributed by atoms with Crippen molar-refractivity contribution >= 4 is 16.4 Å². The standard InChI is InChI=1S/C47H72O12S/c1-3-5-7-9-11-13-15-17-19-20-21-23-25-27-29-31-33-35-37-55-39-41(40-56-47-45(51)46(59-60(52,53)54)44(50)42(38-48)58-47)57-43(49)36-34-32-30-28-26-24-22-18-16-14-12-10-8-6-4-2/h5-8,11-14,17-19,21-23,26-29,32,34,41-42,44-48,50-51H,3-4,9-10,15-16,20,24-25,30-31,33,35-40H2,1-2H3,(H,52,53,54)/b7-5-,8-6-,13-11-,14-12-,19-17-,22-18-,23-21-,28-26-,29-27-,34-32-. The molecule has 1 saturated heterocycles. The van der Waals surface area contributed by atoms with Gasteiger partial charge in [-0.25, -0.2) is 4.18 Å². The van der Waals surface area contributed by atoms with E-state index in [1.165, 1.54) is 0 Å². The van der Waals surface area contributed by atoms with E-state index in [0.717, 1.165) is 77.0 Å². The number of esters is 1. The summed E-state index contributed by atoms with van der Waals surface area (Å²) in [7, 11) is -5.09. The molecule has 0 bridgehead atoms. The predicted molar refractivity (Wildman–Crippen MR) is 238 cm³/mol. The Morgan fingerprint density at radius 1 is 0.633 bits per heavy atom. The molecule has 0 aliphatic carbocycles. The number of carbonyl (C=O) groups is 1. The second kappa shape index (κ2) is 37.3. The Kier molecular flexibility index (Phi) is 33.9. The fourth-order valence-electron chi connectivity index (χ4n) is 5.48. The maximum atomic E-state index is 12.8. The molecule has 1 aliphatic heterocycles. The topological polar surface area (TPSA) is 178 Å². The summed E-state index contributed by atoms with van der Waals surface area (Å²) >= 11 is 0. The third-order valence-electron chi connectivity index (χ3n) is 8.61. The van der Waals surface area contributed by atoms with Crippen LogP contribution in [-0.4, -0.2) is 97.5 Å². The Balaban J connectivity index is 2.57. The minimum atomic E-state index is -5.09. The van der Waals surface area contributed by atoms with E-state index in [4.69, 9.17) is 23.5 Å². The van der Waals surface area contributed by atoms with Gasteiger partial charge in [0, 0.05) is 6.61 Å². The van der Waals surface area contributed by atoms with Crippen LogP contribution in [0.2, 0.25) is 0 Å². The highest BCUT2D eigenvalue weighted by atomic mass is 32.3. The van der Waals surface area contributed by atoms with E-state index >= 15 is 0 Å². The Morgan fingerprint density at radius 2 is 1.08 bits per heavy atom. The molecule has 60 heavy (non-hydrogen) atoms. The monoisotopic (exact) mass is 860 g/mol. The first-order valence-electron chi connectivity index (χ1n) is 21.3. The van der Waals surface area contributed by atoms with Gasteiger partial charge in [-0.15, -0.1) is 0 Å². The van der Waals surface area contributed by atoms with E-state index in [2.05, 4.69) is 121 Å². The number of aliphatic hydroxyl groups excluding tert-OH is 3. The van der Waals surface area contributed by atoms with E-state index in [1.807, 2.05) is 12.2 Å². The fourth-order valence-corrected chi connectivity index (χ4v) is 5.99. The molecule has 0 aromatic carbocycles. The van der Waals surface area contributed by atoms with Crippen LogP contribution in [-0.2, 0) is 38.3 Å². The highest BCUT2D eigenvalue weighted by Gasteiger charge is 2.48. The number of aliphatic hydroxyl groups is 3. The van der Waals surface area contributed by atoms with Crippen molar-refractivity contribution in [2.24, 2.45) is 0 Å². The first-order chi connectivity index (χ1) is 29.1. The molecule has 1 fully saturated rings. The Labute approximate surface area is 360 Å². The third kappa shape index (κ3) is 30.5. The molecule has 13 heteroatoms. The number of rotatable bonds is 34. The molecule has 0 spiro atoms. The van der Waals surface area contributed by atoms with Gasteiger partial charge in [0.15, 0.2) is 6.29 Å². The number of unbranched alkanes of at least 4 members (excludes halogenated alkanes) is 2. The molecule has 0 aromatic rings. The van der Waals surface area contributed by atoms with E-state index in [9.17, 15) is 28.5 Å². The number of hydrogen-bond donors (Lipinski definition) is 4. The van der Waals surface area contributed by atoms with E-state index in [1.54, 1.807) is 6.08 Å². The quantitative estimate of drug-likeness (QED) is 0.0210. The molecule has 0 radical (unpaired) electrons. The summed E-state index contributed by atoms with van der Waals surface area (Å²) < 4.78 is 58.8. The van der Waals surface area contributed by atoms with E-state index < -0.39 is 59.8 Å². The number of ether oxygens (including phenoxy) is 4. The molecule has 6 atom stereocenters. The summed E-state index contributed by atoms with van der Waals surface area (Å²) in [6.45, 7) is 3.48. The fraction of sp³-hybridized carbons (Fsp3) is 0.553. The summed E-state index contributed by atoms with van der Waals surface area (Å²) in [5.74, 6) is -0.548. The third-order valence-corrected chi connectivity index (χ3v) is 9.08. The van der Waals surface area contributed by atoms with Crippen LogP contribution < -0.4 is 0 Å². The van der Waals surface area contributed by atoms with Crippen LogP contribution >= 0.6 is 0 Å². The maximum Gasteiger partial charge on any atom is 0.397 e. The molecule has 0 saturated carbocycles. The maximum absolute atomic E-state index is 12.8. The second-order valence-corrected chi connectivity index (χ2v) is 14.9. The van der Waals surface area contributed by atoms with Crippen LogP contribution in [0.3, 0.4) is 0 Å². The van der Waals surface area contributed by atoms with Crippen molar-refractivity contribution in [3.63, 3.8) is 0 Å². The van der Waals surface area contributed by atoms with Crippen LogP contribution in [0.15, 0.2) is 122 Å². The van der Waals surface area contributed by atoms with Crippen molar-refractivity contribution in [1.29, 1.82) is 0 Å². The molecule has 1 aliphatic rings. The van der Waals surface area contributed by atoms with E-state index in [-0.39, 0.29) is 19.6 Å². The summed E-state index contributed by atoms with van der Waals surface area (Å²) in [4.78, 5) is 12.8. The van der Waals surface area contributed by atoms with E-state index in [0.29, 0.717) is 13.0 Å². The van der Waals surface area contributed by atoms with Crippen LogP contribution in [0.1, 0.15) is 104 Å². The van der Waals surface area contributed by atoms with Crippen LogP contribution in [0.4, 0.5) is 0 Å². The lowest BCUT2D eigenvalue weighted by molar-refractivity contribution is -0.301. The van der Waals surface area contributed by atoms with Crippen molar-refractivity contribution in [1.82, 2.24) is 0 Å². The van der Waals surface area contributed by atoms with Crippen LogP contribution in [0.5, 0.6) is 0 Å². The Morgan fingerprint density at radius 3 is 1.53 bits per heavy atom. The zero-order valence-corrected chi connectivity index (χ0v) is 36.5. The lowest BCUT2D eigenvalue weighted by atomic mass is 9.99. The smallest absolute Gasteiger partial charge is 0.397 e. The molecule has 4 N–H and O–H groups in total. The Hall–Kier alpha value is -3.50. The molecule has 1 rings (SSSR count). The zero-order valence-electron chi connectivity index (χ0n) is 35.7. The molecular formula is C47H72O12S. The average molecular weight is 861 g/mol. The van der Waals surface area contributed by atoms with Gasteiger partial charge >= 0.3 is 16.4 Å². The normalized spacial score (nSPS) is 21.5. The van der Waals surface area contributed by atoms with Gasteiger partial charge in [0.1, 0.15) is 30.5 Å². The van der Waals surface area contributed by atoms with Crippen molar-refractivity contribution in [2.45, 2.75) is 141 Å². The average Bonchev–Trinajstić information content (AvgIpc) is 3.22. The summed E-state index contributed by atoms with van der Waals surface area (Å²) in [6, 6.07) is 0. The Bertz CT molecular complexity index is 1510. The molecule has 1 heterocycles. The largest absolute Gasteiger partial charge is 0.457 e. The second-order valence-electron chi connectivity index (χ2n) is 13.8. The van der Waals surface area contributed by atoms with Gasteiger partial charge in [-0.2, -0.15) is 8.42 Å². The molecule has 0 aromatic heterocycles. The lowest BCUT2D eigenvalue weighted by Gasteiger charge is -2.41. The summed E-state index contributed by atoms with van der Waals surface area (Å²) in [5.41, 5.74) is 0. The number of hydrogen-bond acceptors (Lipinski definition) is 11. The number of allylic oxidation sites excluding steroid dienone is 19. The van der Waals surface area contributed by atoms with Gasteiger partial charge in [0.05, 0.1) is 26.2 Å². The van der Waals surface area contributed by atoms with Crippen molar-refractivity contribution in [3.8, 4) is 0 Å². The first-order valence-corrected chi connectivity index (χ1v) is 22.7. The highest BCUT2D eigenvalue weighted by molar-refractivity contribution is 7.80. The van der Waals surface area contributed by atoms with Gasteiger partial charge in [0.25, 0.3) is 0 Å². The first kappa shape index (κ1) is 54.5. The summed E-state index contributed by atoms with van der Waals surface area (Å²) in [5, 5.41) is 30.6. The molecular weight excluding hydrogens is 789 g/mol. The van der Waals surface area contributed by atoms with Crippen molar-refractivity contribution < 1.29 is 56.2 Å². The minimum absolute atomic E-state index is 0.0110. The van der Waals surface area contributed by atoms with Gasteiger partial charge in [-0.3, -0.25) is 9.35 Å². The van der Waals surface area contributed by atoms with Crippen molar-refractivity contribution in [3.05, 3.63) is 122 Å². The molecule has 12 nitrogen and oxygen atoms in total. The van der Waals surface area contributed by atoms with Gasteiger partial charge in [-0.1, -0.05) is 135 Å². The molecule has 338 valence electrons. The minimum Gasteiger partial charge on any atom is -0.457 e. The van der Waals surface area contributed by atoms with Gasteiger partial charge in [-0.05, 0) is 83.5 Å². The van der Waals surface area contributed by atoms with Crippen LogP contribution in [0, 0.1) is 0 Å². The van der Waals surface area contributed by atoms with Gasteiger partial charge < -0.3 is 34.3 Å². The predicted octanol–water partition coefficient (Wildman–Crippen LogP) is 8.62. The summed E-state index contributed by atoms with van der Waals surface area (Å²) in [6.07, 6.45) is 44.1. The van der Waals surface area contributed by atoms with Crippen LogP contribution in [0.25, 0.3) is 0 Å². The lowest BCUT2D eigenvalue weighted by Crippen LogP contribution is -2.60. The molecule has 0 amide bonds. The highest BCUT2D eigenvalue weighted by Crippen LogP contribution is 2.26. The zero-order chi connectivity index (χ0) is 43.9. The van der Waals surface area contributed by atoms with Crippen molar-refractivity contribution in [2.75, 3.05) is 26.4 Å².